The van der Waals surface area contributed by atoms with E-state index in [1.54, 1.807) is 4.90 Å². The molecule has 1 aliphatic carbocycles. The van der Waals surface area contributed by atoms with Crippen LogP contribution in [0.15, 0.2) is 48.5 Å². The molecule has 0 aliphatic heterocycles. The first-order valence-corrected chi connectivity index (χ1v) is 9.24. The number of hydrogen-bond acceptors (Lipinski definition) is 2. The number of aryl methyl sites for hydroxylation is 2. The van der Waals surface area contributed by atoms with E-state index >= 15 is 0 Å². The number of hydrogen-bond donors (Lipinski definition) is 0. The lowest BCUT2D eigenvalue weighted by Crippen LogP contribution is -2.39. The Bertz CT molecular complexity index is 711. The van der Waals surface area contributed by atoms with E-state index in [1.807, 2.05) is 50.4 Å². The fraction of sp³-hybridized carbons (Fsp3) is 0.409. The van der Waals surface area contributed by atoms with Gasteiger partial charge in [-0.15, -0.1) is 0 Å². The van der Waals surface area contributed by atoms with E-state index in [4.69, 9.17) is 4.74 Å². The Morgan fingerprint density at radius 1 is 1.08 bits per heavy atom. The molecule has 132 valence electrons. The molecule has 1 atom stereocenters. The van der Waals surface area contributed by atoms with Gasteiger partial charge in [0, 0.05) is 13.6 Å². The summed E-state index contributed by atoms with van der Waals surface area (Å²) >= 11 is 0. The lowest BCUT2D eigenvalue weighted by atomic mass is 9.92. The Labute approximate surface area is 150 Å². The average Bonchev–Trinajstić information content (AvgIpc) is 2.66. The standard InChI is InChI=1S/C22H27NO2/c1-3-21(22(24)23(2)16-17-9-5-4-6-10-17)25-20-14-13-18-11-7-8-12-19(18)15-20/h4-6,9-10,13-15,21H,3,7-8,11-12,16H2,1-2H3. The predicted molar refractivity (Wildman–Crippen MR) is 101 cm³/mol. The summed E-state index contributed by atoms with van der Waals surface area (Å²) in [6, 6.07) is 16.3. The highest BCUT2D eigenvalue weighted by Gasteiger charge is 2.23. The summed E-state index contributed by atoms with van der Waals surface area (Å²) in [6.45, 7) is 2.60. The van der Waals surface area contributed by atoms with Gasteiger partial charge >= 0.3 is 0 Å². The molecule has 0 N–H and O–H groups in total. The minimum Gasteiger partial charge on any atom is -0.481 e. The summed E-state index contributed by atoms with van der Waals surface area (Å²) in [6.07, 6.45) is 5.02. The maximum atomic E-state index is 12.8. The van der Waals surface area contributed by atoms with Crippen molar-refractivity contribution in [3.63, 3.8) is 0 Å². The summed E-state index contributed by atoms with van der Waals surface area (Å²) in [5, 5.41) is 0. The van der Waals surface area contributed by atoms with Crippen LogP contribution in [-0.2, 0) is 24.2 Å². The van der Waals surface area contributed by atoms with Crippen LogP contribution >= 0.6 is 0 Å². The molecule has 0 saturated heterocycles. The molecule has 3 heteroatoms. The molecule has 2 aromatic carbocycles. The van der Waals surface area contributed by atoms with Gasteiger partial charge in [0.05, 0.1) is 0 Å². The van der Waals surface area contributed by atoms with Gasteiger partial charge in [-0.05, 0) is 60.9 Å². The van der Waals surface area contributed by atoms with Crippen molar-refractivity contribution in [1.82, 2.24) is 4.90 Å². The molecule has 25 heavy (non-hydrogen) atoms. The van der Waals surface area contributed by atoms with Gasteiger partial charge in [-0.2, -0.15) is 0 Å². The topological polar surface area (TPSA) is 29.5 Å². The van der Waals surface area contributed by atoms with Crippen LogP contribution in [0.3, 0.4) is 0 Å². The molecule has 3 rings (SSSR count). The summed E-state index contributed by atoms with van der Waals surface area (Å²) in [5.74, 6) is 0.845. The third kappa shape index (κ3) is 4.41. The monoisotopic (exact) mass is 337 g/mol. The second-order valence-electron chi connectivity index (χ2n) is 6.83. The summed E-state index contributed by atoms with van der Waals surface area (Å²) in [4.78, 5) is 14.5. The summed E-state index contributed by atoms with van der Waals surface area (Å²) < 4.78 is 6.06. The number of nitrogens with zero attached hydrogens (tertiary/aromatic N) is 1. The number of benzene rings is 2. The van der Waals surface area contributed by atoms with Crippen molar-refractivity contribution in [1.29, 1.82) is 0 Å². The molecule has 0 saturated carbocycles. The maximum Gasteiger partial charge on any atom is 0.263 e. The van der Waals surface area contributed by atoms with Gasteiger partial charge < -0.3 is 9.64 Å². The second kappa shape index (κ2) is 8.19. The van der Waals surface area contributed by atoms with E-state index < -0.39 is 6.10 Å². The van der Waals surface area contributed by atoms with Crippen LogP contribution in [0.1, 0.15) is 42.9 Å². The minimum absolute atomic E-state index is 0.0315. The number of carbonyl (C=O) groups excluding carboxylic acids is 1. The normalized spacial score (nSPS) is 14.5. The Kier molecular flexibility index (Phi) is 5.75. The third-order valence-electron chi connectivity index (χ3n) is 4.88. The van der Waals surface area contributed by atoms with Crippen LogP contribution in [0, 0.1) is 0 Å². The lowest BCUT2D eigenvalue weighted by molar-refractivity contribution is -0.138. The first kappa shape index (κ1) is 17.5. The summed E-state index contributed by atoms with van der Waals surface area (Å²) in [5.41, 5.74) is 3.94. The zero-order valence-electron chi connectivity index (χ0n) is 15.2. The highest BCUT2D eigenvalue weighted by Crippen LogP contribution is 2.26. The quantitative estimate of drug-likeness (QED) is 0.783. The van der Waals surface area contributed by atoms with Crippen LogP contribution in [0.4, 0.5) is 0 Å². The Morgan fingerprint density at radius 3 is 2.52 bits per heavy atom. The van der Waals surface area contributed by atoms with E-state index in [0.29, 0.717) is 13.0 Å². The predicted octanol–water partition coefficient (Wildman–Crippen LogP) is 4.38. The van der Waals surface area contributed by atoms with E-state index in [0.717, 1.165) is 24.2 Å². The molecule has 0 spiro atoms. The fourth-order valence-electron chi connectivity index (χ4n) is 3.44. The zero-order valence-corrected chi connectivity index (χ0v) is 15.2. The molecule has 0 heterocycles. The van der Waals surface area contributed by atoms with Gasteiger partial charge in [-0.1, -0.05) is 43.3 Å². The molecule has 1 aliphatic rings. The molecule has 1 amide bonds. The third-order valence-corrected chi connectivity index (χ3v) is 4.88. The number of amides is 1. The number of likely N-dealkylation sites (N-methyl/N-ethyl adjacent to an activating group) is 1. The van der Waals surface area contributed by atoms with Crippen molar-refractivity contribution in [3.05, 3.63) is 65.2 Å². The number of fused-ring (bicyclic) bond motifs is 1. The number of ether oxygens (including phenoxy) is 1. The van der Waals surface area contributed by atoms with Crippen molar-refractivity contribution in [2.45, 2.75) is 51.7 Å². The van der Waals surface area contributed by atoms with Crippen LogP contribution < -0.4 is 4.74 Å². The van der Waals surface area contributed by atoms with Crippen molar-refractivity contribution >= 4 is 5.91 Å². The van der Waals surface area contributed by atoms with E-state index in [-0.39, 0.29) is 5.91 Å². The Hall–Kier alpha value is -2.29. The van der Waals surface area contributed by atoms with Gasteiger partial charge in [0.25, 0.3) is 5.91 Å². The van der Waals surface area contributed by atoms with Crippen molar-refractivity contribution in [3.8, 4) is 5.75 Å². The van der Waals surface area contributed by atoms with Crippen LogP contribution in [0.5, 0.6) is 5.75 Å². The van der Waals surface area contributed by atoms with Crippen molar-refractivity contribution in [2.75, 3.05) is 7.05 Å². The van der Waals surface area contributed by atoms with E-state index in [9.17, 15) is 4.79 Å². The lowest BCUT2D eigenvalue weighted by Gasteiger charge is -2.25. The van der Waals surface area contributed by atoms with Gasteiger partial charge in [0.15, 0.2) is 6.10 Å². The number of rotatable bonds is 6. The van der Waals surface area contributed by atoms with Gasteiger partial charge in [0.1, 0.15) is 5.75 Å². The number of carbonyl (C=O) groups is 1. The highest BCUT2D eigenvalue weighted by molar-refractivity contribution is 5.81. The minimum atomic E-state index is -0.435. The van der Waals surface area contributed by atoms with Gasteiger partial charge in [-0.3, -0.25) is 4.79 Å². The molecule has 0 aromatic heterocycles. The Morgan fingerprint density at radius 2 is 1.80 bits per heavy atom. The molecule has 1 unspecified atom stereocenters. The summed E-state index contributed by atoms with van der Waals surface area (Å²) in [7, 11) is 1.84. The SMILES string of the molecule is CCC(Oc1ccc2c(c1)CCCC2)C(=O)N(C)Cc1ccccc1. The Balaban J connectivity index is 1.66. The van der Waals surface area contributed by atoms with E-state index in [1.165, 1.54) is 24.0 Å². The van der Waals surface area contributed by atoms with E-state index in [2.05, 4.69) is 12.1 Å². The molecule has 3 nitrogen and oxygen atoms in total. The van der Waals surface area contributed by atoms with Crippen LogP contribution in [0.25, 0.3) is 0 Å². The first-order valence-electron chi connectivity index (χ1n) is 9.24. The maximum absolute atomic E-state index is 12.8. The molecular weight excluding hydrogens is 310 g/mol. The second-order valence-corrected chi connectivity index (χ2v) is 6.83. The van der Waals surface area contributed by atoms with Crippen molar-refractivity contribution in [2.24, 2.45) is 0 Å². The van der Waals surface area contributed by atoms with Crippen molar-refractivity contribution < 1.29 is 9.53 Å². The zero-order chi connectivity index (χ0) is 17.6. The largest absolute Gasteiger partial charge is 0.481 e. The van der Waals surface area contributed by atoms with Crippen LogP contribution in [-0.4, -0.2) is 24.0 Å². The van der Waals surface area contributed by atoms with Crippen LogP contribution in [0.2, 0.25) is 0 Å². The average molecular weight is 337 g/mol. The van der Waals surface area contributed by atoms with Gasteiger partial charge in [-0.25, -0.2) is 0 Å². The molecule has 0 fully saturated rings. The molecular formula is C22H27NO2. The molecule has 0 bridgehead atoms. The first-order chi connectivity index (χ1) is 12.2. The fourth-order valence-corrected chi connectivity index (χ4v) is 3.44. The smallest absolute Gasteiger partial charge is 0.263 e. The molecule has 2 aromatic rings. The highest BCUT2D eigenvalue weighted by atomic mass is 16.5. The van der Waals surface area contributed by atoms with Gasteiger partial charge in [0.2, 0.25) is 0 Å². The molecule has 0 radical (unpaired) electrons.